The highest BCUT2D eigenvalue weighted by Crippen LogP contribution is 2.35. The van der Waals surface area contributed by atoms with Gasteiger partial charge < -0.3 is 15.1 Å². The highest BCUT2D eigenvalue weighted by atomic mass is 32.2. The number of nitrogens with zero attached hydrogens (tertiary/aromatic N) is 1. The van der Waals surface area contributed by atoms with Crippen LogP contribution in [0.5, 0.6) is 0 Å². The van der Waals surface area contributed by atoms with Crippen LogP contribution >= 0.6 is 24.4 Å². The van der Waals surface area contributed by atoms with Crippen LogP contribution in [-0.4, -0.2) is 17.9 Å². The van der Waals surface area contributed by atoms with E-state index in [0.717, 1.165) is 15.5 Å². The van der Waals surface area contributed by atoms with Crippen molar-refractivity contribution in [2.45, 2.75) is 19.3 Å². The first-order valence-electron chi connectivity index (χ1n) is 9.45. The number of aromatic nitrogens is 1. The smallest absolute Gasteiger partial charge is 0.262 e. The van der Waals surface area contributed by atoms with Gasteiger partial charge in [-0.3, -0.25) is 4.79 Å². The number of allylic oxidation sites excluding steroid dienone is 2. The first-order valence-corrected chi connectivity index (χ1v) is 10.7. The lowest BCUT2D eigenvalue weighted by Crippen LogP contribution is -2.16. The fourth-order valence-corrected chi connectivity index (χ4v) is 4.26. The lowest BCUT2D eigenvalue weighted by molar-refractivity contribution is -0.112. The molecule has 4 rings (SSSR count). The number of oxazole rings is 1. The van der Waals surface area contributed by atoms with Gasteiger partial charge in [-0.1, -0.05) is 30.0 Å². The molecule has 0 aliphatic carbocycles. The van der Waals surface area contributed by atoms with E-state index in [1.165, 1.54) is 23.9 Å². The summed E-state index contributed by atoms with van der Waals surface area (Å²) in [4.78, 5) is 18.7. The predicted octanol–water partition coefficient (Wildman–Crippen LogP) is 5.03. The number of fused-ring (bicyclic) bond motifs is 1. The molecule has 0 spiro atoms. The molecule has 0 saturated carbocycles. The third-order valence-corrected chi connectivity index (χ3v) is 6.42. The Bertz CT molecular complexity index is 1150. The number of carbonyl (C=O) groups excluding carboxylic acids is 1. The van der Waals surface area contributed by atoms with E-state index in [-0.39, 0.29) is 11.7 Å². The molecule has 1 aromatic heterocycles. The number of rotatable bonds is 6. The van der Waals surface area contributed by atoms with Crippen LogP contribution in [0.2, 0.25) is 0 Å². The Balaban J connectivity index is 1.42. The van der Waals surface area contributed by atoms with Gasteiger partial charge in [0.05, 0.1) is 9.93 Å². The van der Waals surface area contributed by atoms with E-state index in [9.17, 15) is 9.18 Å². The summed E-state index contributed by atoms with van der Waals surface area (Å²) in [5.41, 5.74) is 3.01. The number of hydrogen-bond acceptors (Lipinski definition) is 6. The second kappa shape index (κ2) is 8.97. The van der Waals surface area contributed by atoms with Crippen molar-refractivity contribution in [3.8, 4) is 0 Å². The number of nitrogens with one attached hydrogen (secondary N) is 2. The highest BCUT2D eigenvalue weighted by Gasteiger charge is 2.18. The summed E-state index contributed by atoms with van der Waals surface area (Å²) in [7, 11) is 1.81. The molecule has 30 heavy (non-hydrogen) atoms. The molecule has 2 heterocycles. The van der Waals surface area contributed by atoms with E-state index in [0.29, 0.717) is 46.8 Å². The summed E-state index contributed by atoms with van der Waals surface area (Å²) in [6.07, 6.45) is 3.80. The largest absolute Gasteiger partial charge is 0.441 e. The molecule has 0 bridgehead atoms. The van der Waals surface area contributed by atoms with Gasteiger partial charge in [0, 0.05) is 30.5 Å². The van der Waals surface area contributed by atoms with Crippen molar-refractivity contribution < 1.29 is 13.6 Å². The second-order valence-electron chi connectivity index (χ2n) is 6.77. The van der Waals surface area contributed by atoms with E-state index in [1.807, 2.05) is 13.1 Å². The lowest BCUT2D eigenvalue weighted by Gasteiger charge is -2.17. The molecule has 154 valence electrons. The van der Waals surface area contributed by atoms with Crippen LogP contribution in [-0.2, 0) is 17.6 Å². The molecule has 0 fully saturated rings. The van der Waals surface area contributed by atoms with Crippen LogP contribution in [0.3, 0.4) is 0 Å². The molecule has 0 saturated heterocycles. The molecule has 5 nitrogen and oxygen atoms in total. The zero-order valence-electron chi connectivity index (χ0n) is 16.2. The van der Waals surface area contributed by atoms with E-state index in [4.69, 9.17) is 4.42 Å². The van der Waals surface area contributed by atoms with Crippen LogP contribution in [0.15, 0.2) is 67.8 Å². The minimum absolute atomic E-state index is 0.173. The zero-order valence-corrected chi connectivity index (χ0v) is 17.9. The highest BCUT2D eigenvalue weighted by molar-refractivity contribution is 8.08. The third-order valence-electron chi connectivity index (χ3n) is 4.64. The topological polar surface area (TPSA) is 67.2 Å². The number of amides is 1. The van der Waals surface area contributed by atoms with Crippen molar-refractivity contribution in [3.63, 3.8) is 0 Å². The van der Waals surface area contributed by atoms with Gasteiger partial charge in [-0.2, -0.15) is 0 Å². The summed E-state index contributed by atoms with van der Waals surface area (Å²) < 4.78 is 18.8. The zero-order chi connectivity index (χ0) is 21.1. The van der Waals surface area contributed by atoms with E-state index < -0.39 is 0 Å². The van der Waals surface area contributed by atoms with Crippen LogP contribution in [0.4, 0.5) is 10.1 Å². The van der Waals surface area contributed by atoms with Gasteiger partial charge in [0.1, 0.15) is 11.3 Å². The summed E-state index contributed by atoms with van der Waals surface area (Å²) in [6.45, 7) is 0. The average molecular weight is 442 g/mol. The van der Waals surface area contributed by atoms with Gasteiger partial charge in [-0.15, -0.1) is 12.6 Å². The predicted molar refractivity (Wildman–Crippen MR) is 122 cm³/mol. The summed E-state index contributed by atoms with van der Waals surface area (Å²) in [5.74, 6) is 0.184. The standard InChI is InChI=1S/C22H20FN3O2S2/c1-24-22-18(29)9-10-19(30-22)21(27)25-15-7-8-17-16(12-15)26-20(28-17)11-4-13-2-5-14(23)6-3-13/h2-3,5-8,10,12,24,29H,4,9,11H2,1H3,(H,25,27). The first-order chi connectivity index (χ1) is 14.5. The van der Waals surface area contributed by atoms with Crippen molar-refractivity contribution in [1.29, 1.82) is 0 Å². The van der Waals surface area contributed by atoms with Crippen molar-refractivity contribution in [1.82, 2.24) is 10.3 Å². The Kier molecular flexibility index (Phi) is 6.15. The monoisotopic (exact) mass is 441 g/mol. The second-order valence-corrected chi connectivity index (χ2v) is 8.36. The van der Waals surface area contributed by atoms with Crippen LogP contribution in [0, 0.1) is 5.82 Å². The SMILES string of the molecule is CNC1=C(S)CC=C(C(=O)Nc2ccc3oc(CCc4ccc(F)cc4)nc3c2)S1. The minimum Gasteiger partial charge on any atom is -0.441 e. The average Bonchev–Trinajstić information content (AvgIpc) is 3.16. The molecule has 1 aliphatic heterocycles. The normalized spacial score (nSPS) is 14.0. The number of anilines is 1. The number of benzene rings is 2. The fraction of sp³-hybridized carbons (Fsp3) is 0.182. The van der Waals surface area contributed by atoms with E-state index in [2.05, 4.69) is 28.2 Å². The molecular formula is C22H20FN3O2S2. The molecule has 0 radical (unpaired) electrons. The summed E-state index contributed by atoms with van der Waals surface area (Å²) in [5, 5.41) is 6.85. The maximum Gasteiger partial charge on any atom is 0.262 e. The molecule has 1 amide bonds. The van der Waals surface area contributed by atoms with Gasteiger partial charge in [0.25, 0.3) is 5.91 Å². The minimum atomic E-state index is -0.248. The van der Waals surface area contributed by atoms with Crippen molar-refractivity contribution in [3.05, 3.63) is 80.7 Å². The van der Waals surface area contributed by atoms with Gasteiger partial charge in [-0.25, -0.2) is 9.37 Å². The number of halogens is 1. The fourth-order valence-electron chi connectivity index (χ4n) is 3.08. The van der Waals surface area contributed by atoms with Gasteiger partial charge in [0.15, 0.2) is 11.5 Å². The quantitative estimate of drug-likeness (QED) is 0.468. The maximum atomic E-state index is 13.0. The molecular weight excluding hydrogens is 421 g/mol. The van der Waals surface area contributed by atoms with Crippen molar-refractivity contribution in [2.24, 2.45) is 0 Å². The van der Waals surface area contributed by atoms with Gasteiger partial charge >= 0.3 is 0 Å². The number of thioether (sulfide) groups is 1. The first kappa shape index (κ1) is 20.6. The molecule has 3 aromatic rings. The number of thiol groups is 1. The maximum absolute atomic E-state index is 13.0. The Labute approximate surface area is 183 Å². The summed E-state index contributed by atoms with van der Waals surface area (Å²) in [6, 6.07) is 11.8. The number of aryl methyl sites for hydroxylation is 2. The molecule has 0 unspecified atom stereocenters. The number of hydrogen-bond donors (Lipinski definition) is 3. The van der Waals surface area contributed by atoms with Gasteiger partial charge in [-0.05, 0) is 42.3 Å². The molecule has 8 heteroatoms. The van der Waals surface area contributed by atoms with E-state index in [1.54, 1.807) is 30.3 Å². The molecule has 2 N–H and O–H groups in total. The molecule has 0 atom stereocenters. The number of carbonyl (C=O) groups is 1. The third kappa shape index (κ3) is 4.71. The Morgan fingerprint density at radius 1 is 1.23 bits per heavy atom. The van der Waals surface area contributed by atoms with Crippen LogP contribution in [0.1, 0.15) is 17.9 Å². The molecule has 2 aromatic carbocycles. The Morgan fingerprint density at radius 3 is 2.80 bits per heavy atom. The van der Waals surface area contributed by atoms with Crippen LogP contribution < -0.4 is 10.6 Å². The Morgan fingerprint density at radius 2 is 2.03 bits per heavy atom. The molecule has 1 aliphatic rings. The van der Waals surface area contributed by atoms with Gasteiger partial charge in [0.2, 0.25) is 0 Å². The van der Waals surface area contributed by atoms with E-state index >= 15 is 0 Å². The van der Waals surface area contributed by atoms with Crippen molar-refractivity contribution in [2.75, 3.05) is 12.4 Å². The summed E-state index contributed by atoms with van der Waals surface area (Å²) >= 11 is 5.78. The lowest BCUT2D eigenvalue weighted by atomic mass is 10.1. The van der Waals surface area contributed by atoms with Crippen molar-refractivity contribution >= 4 is 47.1 Å². The Hall–Kier alpha value is -2.71. The van der Waals surface area contributed by atoms with Crippen LogP contribution in [0.25, 0.3) is 11.1 Å².